The number of esters is 1. The van der Waals surface area contributed by atoms with Crippen molar-refractivity contribution in [1.29, 1.82) is 0 Å². The Bertz CT molecular complexity index is 573. The van der Waals surface area contributed by atoms with Gasteiger partial charge in [0.1, 0.15) is 5.37 Å². The molecule has 1 aliphatic rings. The van der Waals surface area contributed by atoms with E-state index in [1.165, 1.54) is 18.9 Å². The van der Waals surface area contributed by atoms with Crippen LogP contribution in [-0.2, 0) is 20.1 Å². The van der Waals surface area contributed by atoms with E-state index in [1.54, 1.807) is 4.90 Å². The van der Waals surface area contributed by atoms with E-state index in [2.05, 4.69) is 0 Å². The summed E-state index contributed by atoms with van der Waals surface area (Å²) in [6, 6.07) is 9.87. The lowest BCUT2D eigenvalue weighted by atomic mass is 9.90. The first kappa shape index (κ1) is 17.2. The van der Waals surface area contributed by atoms with Crippen LogP contribution in [0.4, 0.5) is 0 Å². The average Bonchev–Trinajstić information content (AvgIpc) is 2.48. The zero-order valence-corrected chi connectivity index (χ0v) is 14.7. The molecule has 0 radical (unpaired) electrons. The van der Waals surface area contributed by atoms with Crippen molar-refractivity contribution in [3.05, 3.63) is 35.9 Å². The summed E-state index contributed by atoms with van der Waals surface area (Å²) in [5.41, 5.74) is 0.710. The van der Waals surface area contributed by atoms with E-state index in [0.29, 0.717) is 5.75 Å². The molecule has 0 bridgehead atoms. The number of amides is 1. The number of rotatable bonds is 4. The molecule has 1 aliphatic heterocycles. The van der Waals surface area contributed by atoms with E-state index in [-0.39, 0.29) is 5.91 Å². The van der Waals surface area contributed by atoms with Crippen LogP contribution in [0.3, 0.4) is 0 Å². The van der Waals surface area contributed by atoms with Crippen molar-refractivity contribution in [2.24, 2.45) is 0 Å². The zero-order valence-electron chi connectivity index (χ0n) is 13.1. The van der Waals surface area contributed by atoms with Crippen molar-refractivity contribution in [2.45, 2.75) is 42.3 Å². The van der Waals surface area contributed by atoms with Gasteiger partial charge in [-0.05, 0) is 26.3 Å². The topological polar surface area (TPSA) is 46.6 Å². The van der Waals surface area contributed by atoms with Gasteiger partial charge in [-0.2, -0.15) is 0 Å². The van der Waals surface area contributed by atoms with Crippen LogP contribution < -0.4 is 0 Å². The highest BCUT2D eigenvalue weighted by molar-refractivity contribution is 7.99. The number of thioether (sulfide) groups is 1. The van der Waals surface area contributed by atoms with E-state index in [1.807, 2.05) is 51.1 Å². The number of methoxy groups -OCH3 is 1. The Kier molecular flexibility index (Phi) is 4.78. The van der Waals surface area contributed by atoms with Crippen LogP contribution in [0.15, 0.2) is 30.3 Å². The fourth-order valence-corrected chi connectivity index (χ4v) is 4.42. The second kappa shape index (κ2) is 6.13. The third kappa shape index (κ3) is 2.84. The summed E-state index contributed by atoms with van der Waals surface area (Å²) in [5.74, 6) is -0.416. The van der Waals surface area contributed by atoms with Crippen molar-refractivity contribution in [3.63, 3.8) is 0 Å². The molecule has 2 unspecified atom stereocenters. The third-order valence-electron chi connectivity index (χ3n) is 3.56. The molecule has 4 nitrogen and oxygen atoms in total. The first-order chi connectivity index (χ1) is 10.2. The van der Waals surface area contributed by atoms with Gasteiger partial charge in [0.05, 0.1) is 7.11 Å². The van der Waals surface area contributed by atoms with E-state index in [9.17, 15) is 9.59 Å². The van der Waals surface area contributed by atoms with Crippen molar-refractivity contribution in [2.75, 3.05) is 7.11 Å². The maximum Gasteiger partial charge on any atom is 0.339 e. The normalized spacial score (nSPS) is 24.9. The van der Waals surface area contributed by atoms with Gasteiger partial charge in [-0.3, -0.25) is 4.79 Å². The van der Waals surface area contributed by atoms with Gasteiger partial charge in [-0.15, -0.1) is 11.8 Å². The van der Waals surface area contributed by atoms with E-state index < -0.39 is 21.8 Å². The number of benzene rings is 1. The van der Waals surface area contributed by atoms with Gasteiger partial charge in [-0.25, -0.2) is 4.79 Å². The summed E-state index contributed by atoms with van der Waals surface area (Å²) in [6.45, 7) is 5.78. The summed E-state index contributed by atoms with van der Waals surface area (Å²) in [6.07, 6.45) is 0. The molecule has 0 N–H and O–H groups in total. The molecule has 6 heteroatoms. The third-order valence-corrected chi connectivity index (χ3v) is 5.59. The molecular formula is C16H20ClNO3S. The number of ether oxygens (including phenoxy) is 1. The van der Waals surface area contributed by atoms with Crippen molar-refractivity contribution in [3.8, 4) is 0 Å². The quantitative estimate of drug-likeness (QED) is 0.365. The van der Waals surface area contributed by atoms with Crippen LogP contribution in [-0.4, -0.2) is 39.7 Å². The first-order valence-electron chi connectivity index (χ1n) is 6.99. The Morgan fingerprint density at radius 2 is 1.95 bits per heavy atom. The van der Waals surface area contributed by atoms with Gasteiger partial charge in [0.25, 0.3) is 5.91 Å². The van der Waals surface area contributed by atoms with Crippen LogP contribution in [0.2, 0.25) is 0 Å². The minimum atomic E-state index is -1.62. The Morgan fingerprint density at radius 3 is 2.45 bits per heavy atom. The first-order valence-corrected chi connectivity index (χ1v) is 8.42. The van der Waals surface area contributed by atoms with Crippen LogP contribution in [0, 0.1) is 0 Å². The minimum absolute atomic E-state index is 0.390. The molecule has 1 amide bonds. The number of alkyl halides is 1. The lowest BCUT2D eigenvalue weighted by Gasteiger charge is -2.55. The summed E-state index contributed by atoms with van der Waals surface area (Å²) in [7, 11) is 1.25. The summed E-state index contributed by atoms with van der Waals surface area (Å²) in [4.78, 5) is 24.5. The van der Waals surface area contributed by atoms with Crippen molar-refractivity contribution >= 4 is 35.2 Å². The van der Waals surface area contributed by atoms with Crippen LogP contribution >= 0.6 is 23.4 Å². The number of β-lactam (4-membered cyclic amide) rings is 1. The highest BCUT2D eigenvalue weighted by Crippen LogP contribution is 2.48. The zero-order chi connectivity index (χ0) is 16.5. The molecule has 0 spiro atoms. The summed E-state index contributed by atoms with van der Waals surface area (Å²) >= 11 is 7.83. The molecule has 22 heavy (non-hydrogen) atoms. The van der Waals surface area contributed by atoms with E-state index >= 15 is 0 Å². The fraction of sp³-hybridized carbons (Fsp3) is 0.500. The second-order valence-corrected chi connectivity index (χ2v) is 7.86. The second-order valence-electron chi connectivity index (χ2n) is 6.20. The fourth-order valence-electron chi connectivity index (χ4n) is 2.43. The maximum atomic E-state index is 12.4. The number of hydrogen-bond acceptors (Lipinski definition) is 4. The van der Waals surface area contributed by atoms with Gasteiger partial charge < -0.3 is 9.64 Å². The number of hydrogen-bond donors (Lipinski definition) is 0. The lowest BCUT2D eigenvalue weighted by Crippen LogP contribution is -2.77. The highest BCUT2D eigenvalue weighted by Gasteiger charge is 2.68. The molecule has 1 saturated heterocycles. The Morgan fingerprint density at radius 1 is 1.36 bits per heavy atom. The smallest absolute Gasteiger partial charge is 0.339 e. The minimum Gasteiger partial charge on any atom is -0.467 e. The molecule has 0 aromatic heterocycles. The predicted octanol–water partition coefficient (Wildman–Crippen LogP) is 3.04. The van der Waals surface area contributed by atoms with Gasteiger partial charge in [-0.1, -0.05) is 41.9 Å². The summed E-state index contributed by atoms with van der Waals surface area (Å²) < 4.78 is 4.74. The number of carbonyl (C=O) groups is 2. The number of likely N-dealkylation sites (tertiary alicyclic amines) is 1. The molecule has 0 aliphatic carbocycles. The molecule has 1 fully saturated rings. The molecule has 2 atom stereocenters. The van der Waals surface area contributed by atoms with Gasteiger partial charge in [0, 0.05) is 11.3 Å². The van der Waals surface area contributed by atoms with Crippen LogP contribution in [0.1, 0.15) is 26.3 Å². The van der Waals surface area contributed by atoms with Gasteiger partial charge in [0.15, 0.2) is 0 Å². The Labute approximate surface area is 140 Å². The van der Waals surface area contributed by atoms with E-state index in [0.717, 1.165) is 5.56 Å². The monoisotopic (exact) mass is 341 g/mol. The highest BCUT2D eigenvalue weighted by atomic mass is 35.5. The molecule has 1 heterocycles. The lowest BCUT2D eigenvalue weighted by molar-refractivity contribution is -0.168. The standard InChI is InChI=1S/C16H20ClNO3S/c1-15(2,3)18-12(19)16(17,14(20)21-4)13(18)22-10-11-8-6-5-7-9-11/h5-9,13H,10H2,1-4H3. The predicted molar refractivity (Wildman–Crippen MR) is 88.7 cm³/mol. The average molecular weight is 342 g/mol. The van der Waals surface area contributed by atoms with Gasteiger partial charge in [0.2, 0.25) is 4.87 Å². The number of halogens is 1. The van der Waals surface area contributed by atoms with E-state index in [4.69, 9.17) is 16.3 Å². The Hall–Kier alpha value is -1.20. The van der Waals surface area contributed by atoms with Crippen LogP contribution in [0.25, 0.3) is 0 Å². The maximum absolute atomic E-state index is 12.4. The molecule has 0 saturated carbocycles. The largest absolute Gasteiger partial charge is 0.467 e. The molecular weight excluding hydrogens is 322 g/mol. The summed E-state index contributed by atoms with van der Waals surface area (Å²) in [5, 5.41) is -0.450. The van der Waals surface area contributed by atoms with Crippen molar-refractivity contribution in [1.82, 2.24) is 4.90 Å². The Balaban J connectivity index is 2.22. The molecule has 120 valence electrons. The van der Waals surface area contributed by atoms with Gasteiger partial charge >= 0.3 is 5.97 Å². The number of nitrogens with zero attached hydrogens (tertiary/aromatic N) is 1. The molecule has 1 aromatic rings. The number of carbonyl (C=O) groups excluding carboxylic acids is 2. The molecule has 2 rings (SSSR count). The van der Waals surface area contributed by atoms with Crippen molar-refractivity contribution < 1.29 is 14.3 Å². The SMILES string of the molecule is COC(=O)C1(Cl)C(=O)N(C(C)(C)C)C1SCc1ccccc1. The molecule has 1 aromatic carbocycles. The van der Waals surface area contributed by atoms with Crippen LogP contribution in [0.5, 0.6) is 0 Å².